The van der Waals surface area contributed by atoms with E-state index in [0.29, 0.717) is 34.4 Å². The van der Waals surface area contributed by atoms with E-state index in [2.05, 4.69) is 36.2 Å². The topological polar surface area (TPSA) is 97.3 Å². The Bertz CT molecular complexity index is 1310. The van der Waals surface area contributed by atoms with Gasteiger partial charge in [0.2, 0.25) is 0 Å². The molecule has 196 valence electrons. The molecule has 3 atom stereocenters. The number of nitrogens with one attached hydrogen (secondary N) is 1. The van der Waals surface area contributed by atoms with Crippen molar-refractivity contribution in [2.24, 2.45) is 0 Å². The van der Waals surface area contributed by atoms with Crippen molar-refractivity contribution < 1.29 is 27.5 Å². The first-order valence-electron chi connectivity index (χ1n) is 11.3. The number of ether oxygens (including phenoxy) is 1. The summed E-state index contributed by atoms with van der Waals surface area (Å²) < 4.78 is 45.4. The number of aromatic nitrogens is 3. The first kappa shape index (κ1) is 27.1. The third kappa shape index (κ3) is 6.33. The van der Waals surface area contributed by atoms with Crippen molar-refractivity contribution >= 4 is 39.1 Å². The van der Waals surface area contributed by atoms with E-state index in [1.165, 1.54) is 24.7 Å². The number of thiazole rings is 1. The number of rotatable bonds is 5. The molecule has 1 aliphatic rings. The number of halogens is 4. The van der Waals surface area contributed by atoms with Gasteiger partial charge in [-0.1, -0.05) is 15.9 Å². The normalized spacial score (nSPS) is 18.9. The van der Waals surface area contributed by atoms with Crippen molar-refractivity contribution in [2.45, 2.75) is 45.2 Å². The van der Waals surface area contributed by atoms with Crippen LogP contribution >= 0.6 is 27.3 Å². The van der Waals surface area contributed by atoms with Gasteiger partial charge in [0.25, 0.3) is 11.8 Å². The van der Waals surface area contributed by atoms with Crippen LogP contribution in [-0.4, -0.2) is 57.0 Å². The fourth-order valence-corrected chi connectivity index (χ4v) is 5.43. The monoisotopic (exact) mass is 597 g/mol. The van der Waals surface area contributed by atoms with Crippen LogP contribution < -0.4 is 5.32 Å². The number of carbonyl (C=O) groups excluding carboxylic acids is 2. The molecule has 1 N–H and O–H groups in total. The van der Waals surface area contributed by atoms with Crippen LogP contribution in [0.3, 0.4) is 0 Å². The minimum atomic E-state index is -4.60. The summed E-state index contributed by atoms with van der Waals surface area (Å²) in [6.07, 6.45) is -0.360. The third-order valence-corrected chi connectivity index (χ3v) is 7.05. The maximum absolute atomic E-state index is 13.2. The maximum atomic E-state index is 13.2. The van der Waals surface area contributed by atoms with Crippen molar-refractivity contribution in [1.82, 2.24) is 25.2 Å². The molecule has 8 nitrogen and oxygen atoms in total. The molecule has 13 heteroatoms. The Morgan fingerprint density at radius 1 is 1.14 bits per heavy atom. The van der Waals surface area contributed by atoms with Gasteiger partial charge in [0, 0.05) is 35.5 Å². The molecule has 0 aliphatic carbocycles. The molecule has 0 radical (unpaired) electrons. The average Bonchev–Trinajstić information content (AvgIpc) is 3.32. The van der Waals surface area contributed by atoms with Gasteiger partial charge >= 0.3 is 6.18 Å². The lowest BCUT2D eigenvalue weighted by atomic mass is 10.1. The van der Waals surface area contributed by atoms with Gasteiger partial charge in [-0.2, -0.15) is 13.2 Å². The highest BCUT2D eigenvalue weighted by molar-refractivity contribution is 9.10. The second kappa shape index (κ2) is 10.8. The number of benzene rings is 1. The summed E-state index contributed by atoms with van der Waals surface area (Å²) in [4.78, 5) is 41.1. The lowest BCUT2D eigenvalue weighted by Gasteiger charge is -2.35. The molecule has 1 saturated heterocycles. The van der Waals surface area contributed by atoms with Crippen molar-refractivity contribution in [3.8, 4) is 10.7 Å². The zero-order valence-corrected chi connectivity index (χ0v) is 22.4. The van der Waals surface area contributed by atoms with Crippen LogP contribution in [0.5, 0.6) is 0 Å². The van der Waals surface area contributed by atoms with Gasteiger partial charge in [-0.25, -0.2) is 4.98 Å². The summed E-state index contributed by atoms with van der Waals surface area (Å²) in [5.41, 5.74) is -0.365. The standard InChI is InChI=1S/C24H23BrF3N5O3S/c1-12-10-33(11-13(2)36-12)23(35)18-9-31-22(37-18)20-19(29-4-5-30-20)14(3)32-21(34)15-6-16(24(26,27)28)8-17(25)7-15/h4-9,12-14H,10-11H2,1-3H3,(H,32,34)/t12-,13+,14?. The molecule has 37 heavy (non-hydrogen) atoms. The number of morpholine rings is 1. The molecule has 1 aromatic carbocycles. The molecule has 2 aromatic heterocycles. The van der Waals surface area contributed by atoms with Crippen molar-refractivity contribution in [2.75, 3.05) is 13.1 Å². The van der Waals surface area contributed by atoms with E-state index < -0.39 is 23.7 Å². The highest BCUT2D eigenvalue weighted by Crippen LogP contribution is 2.33. The van der Waals surface area contributed by atoms with E-state index in [9.17, 15) is 22.8 Å². The van der Waals surface area contributed by atoms with Gasteiger partial charge in [-0.3, -0.25) is 19.6 Å². The highest BCUT2D eigenvalue weighted by atomic mass is 79.9. The number of alkyl halides is 3. The molecule has 2 amide bonds. The van der Waals surface area contributed by atoms with Crippen molar-refractivity contribution in [3.63, 3.8) is 0 Å². The number of hydrogen-bond acceptors (Lipinski definition) is 7. The van der Waals surface area contributed by atoms with E-state index in [4.69, 9.17) is 4.74 Å². The summed E-state index contributed by atoms with van der Waals surface area (Å²) >= 11 is 4.18. The molecular weight excluding hydrogens is 575 g/mol. The van der Waals surface area contributed by atoms with Gasteiger partial charge in [-0.05, 0) is 39.0 Å². The van der Waals surface area contributed by atoms with E-state index >= 15 is 0 Å². The van der Waals surface area contributed by atoms with Crippen LogP contribution in [0.4, 0.5) is 13.2 Å². The quantitative estimate of drug-likeness (QED) is 0.438. The summed E-state index contributed by atoms with van der Waals surface area (Å²) in [5, 5.41) is 3.11. The summed E-state index contributed by atoms with van der Waals surface area (Å²) in [6, 6.07) is 2.28. The molecule has 1 unspecified atom stereocenters. The van der Waals surface area contributed by atoms with E-state index in [-0.39, 0.29) is 28.2 Å². The minimum Gasteiger partial charge on any atom is -0.372 e. The number of nitrogens with zero attached hydrogens (tertiary/aromatic N) is 4. The Kier molecular flexibility index (Phi) is 7.95. The molecule has 4 rings (SSSR count). The van der Waals surface area contributed by atoms with Crippen LogP contribution in [0, 0.1) is 0 Å². The molecule has 0 spiro atoms. The Morgan fingerprint density at radius 3 is 2.49 bits per heavy atom. The molecule has 0 bridgehead atoms. The van der Waals surface area contributed by atoms with Gasteiger partial charge < -0.3 is 15.0 Å². The van der Waals surface area contributed by atoms with Crippen LogP contribution in [0.25, 0.3) is 10.7 Å². The zero-order valence-electron chi connectivity index (χ0n) is 20.0. The number of hydrogen-bond donors (Lipinski definition) is 1. The molecule has 1 aliphatic heterocycles. The number of amides is 2. The zero-order chi connectivity index (χ0) is 26.9. The van der Waals surface area contributed by atoms with E-state index in [1.54, 1.807) is 11.8 Å². The fraction of sp³-hybridized carbons (Fsp3) is 0.375. The van der Waals surface area contributed by atoms with Gasteiger partial charge in [-0.15, -0.1) is 11.3 Å². The molecule has 0 saturated carbocycles. The first-order chi connectivity index (χ1) is 17.4. The van der Waals surface area contributed by atoms with Crippen LogP contribution in [-0.2, 0) is 10.9 Å². The lowest BCUT2D eigenvalue weighted by molar-refractivity contribution is -0.137. The average molecular weight is 598 g/mol. The van der Waals surface area contributed by atoms with Crippen LogP contribution in [0.1, 0.15) is 58.1 Å². The Morgan fingerprint density at radius 2 is 1.81 bits per heavy atom. The summed E-state index contributed by atoms with van der Waals surface area (Å²) in [5.74, 6) is -0.867. The van der Waals surface area contributed by atoms with E-state index in [1.807, 2.05) is 13.8 Å². The Balaban J connectivity index is 1.54. The van der Waals surface area contributed by atoms with Crippen LogP contribution in [0.15, 0.2) is 41.3 Å². The molecule has 1 fully saturated rings. The summed E-state index contributed by atoms with van der Waals surface area (Å²) in [6.45, 7) is 6.41. The van der Waals surface area contributed by atoms with Gasteiger partial charge in [0.05, 0.1) is 35.7 Å². The lowest BCUT2D eigenvalue weighted by Crippen LogP contribution is -2.48. The Labute approximate surface area is 223 Å². The predicted octanol–water partition coefficient (Wildman–Crippen LogP) is 5.12. The maximum Gasteiger partial charge on any atom is 0.416 e. The smallest absolute Gasteiger partial charge is 0.372 e. The second-order valence-corrected chi connectivity index (χ2v) is 10.7. The highest BCUT2D eigenvalue weighted by Gasteiger charge is 2.32. The van der Waals surface area contributed by atoms with Gasteiger partial charge in [0.1, 0.15) is 15.6 Å². The summed E-state index contributed by atoms with van der Waals surface area (Å²) in [7, 11) is 0. The third-order valence-electron chi connectivity index (χ3n) is 5.60. The second-order valence-electron chi connectivity index (χ2n) is 8.71. The minimum absolute atomic E-state index is 0.0754. The molecule has 3 aromatic rings. The van der Waals surface area contributed by atoms with Crippen molar-refractivity contribution in [1.29, 1.82) is 0 Å². The van der Waals surface area contributed by atoms with Crippen LogP contribution in [0.2, 0.25) is 0 Å². The predicted molar refractivity (Wildman–Crippen MR) is 134 cm³/mol. The van der Waals surface area contributed by atoms with Gasteiger partial charge in [0.15, 0.2) is 0 Å². The van der Waals surface area contributed by atoms with E-state index in [0.717, 1.165) is 23.5 Å². The fourth-order valence-electron chi connectivity index (χ4n) is 4.05. The first-order valence-corrected chi connectivity index (χ1v) is 12.9. The number of carbonyl (C=O) groups is 2. The van der Waals surface area contributed by atoms with Crippen molar-refractivity contribution in [3.05, 3.63) is 63.0 Å². The molecular formula is C24H23BrF3N5O3S. The molecule has 3 heterocycles. The largest absolute Gasteiger partial charge is 0.416 e. The SMILES string of the molecule is CC(NC(=O)c1cc(Br)cc(C(F)(F)F)c1)c1nccnc1-c1ncc(C(=O)N2C[C@@H](C)O[C@@H](C)C2)s1. The Hall–Kier alpha value is -2.90.